The smallest absolute Gasteiger partial charge is 0.436 e. The van der Waals surface area contributed by atoms with E-state index in [-0.39, 0.29) is 17.5 Å². The zero-order valence-corrected chi connectivity index (χ0v) is 7.57. The molecule has 0 aromatic carbocycles. The molecule has 1 aromatic heterocycles. The van der Waals surface area contributed by atoms with Gasteiger partial charge in [0.25, 0.3) is 0 Å². The molecule has 0 radical (unpaired) electrons. The summed E-state index contributed by atoms with van der Waals surface area (Å²) in [6.07, 6.45) is -4.44. The standard InChI is InChI=1S/C8H10F3NO/c1-4(2)6-7(8(9,10)11)13-5(3)12-6/h4H,1-3H3. The number of oxazole rings is 1. The summed E-state index contributed by atoms with van der Waals surface area (Å²) in [5.41, 5.74) is -0.0231. The molecule has 0 saturated carbocycles. The van der Waals surface area contributed by atoms with E-state index in [1.165, 1.54) is 6.92 Å². The number of rotatable bonds is 1. The lowest BCUT2D eigenvalue weighted by atomic mass is 10.1. The van der Waals surface area contributed by atoms with Crippen molar-refractivity contribution in [3.05, 3.63) is 17.3 Å². The van der Waals surface area contributed by atoms with E-state index in [1.807, 2.05) is 0 Å². The van der Waals surface area contributed by atoms with Gasteiger partial charge in [-0.2, -0.15) is 13.2 Å². The Balaban J connectivity index is 3.20. The molecule has 0 aliphatic rings. The summed E-state index contributed by atoms with van der Waals surface area (Å²) in [7, 11) is 0. The van der Waals surface area contributed by atoms with E-state index < -0.39 is 11.9 Å². The minimum Gasteiger partial charge on any atom is -0.436 e. The molecule has 74 valence electrons. The van der Waals surface area contributed by atoms with Crippen LogP contribution in [0.5, 0.6) is 0 Å². The molecule has 0 amide bonds. The second-order valence-electron chi connectivity index (χ2n) is 3.10. The van der Waals surface area contributed by atoms with Crippen LogP contribution < -0.4 is 0 Å². The maximum atomic E-state index is 12.3. The lowest BCUT2D eigenvalue weighted by Gasteiger charge is -2.06. The van der Waals surface area contributed by atoms with Crippen molar-refractivity contribution < 1.29 is 17.6 Å². The number of nitrogens with zero attached hydrogens (tertiary/aromatic N) is 1. The summed E-state index contributed by atoms with van der Waals surface area (Å²) in [6, 6.07) is 0. The molecule has 1 aromatic rings. The summed E-state index contributed by atoms with van der Waals surface area (Å²) >= 11 is 0. The molecule has 13 heavy (non-hydrogen) atoms. The zero-order valence-electron chi connectivity index (χ0n) is 7.57. The van der Waals surface area contributed by atoms with Crippen LogP contribution in [0.4, 0.5) is 13.2 Å². The average Bonchev–Trinajstić information content (AvgIpc) is 2.29. The fraction of sp³-hybridized carbons (Fsp3) is 0.625. The molecule has 0 spiro atoms. The van der Waals surface area contributed by atoms with Crippen molar-refractivity contribution in [3.8, 4) is 0 Å². The van der Waals surface area contributed by atoms with Crippen molar-refractivity contribution in [2.75, 3.05) is 0 Å². The fourth-order valence-electron chi connectivity index (χ4n) is 1.04. The Hall–Kier alpha value is -1.00. The van der Waals surface area contributed by atoms with Crippen LogP contribution in [-0.4, -0.2) is 4.98 Å². The first-order chi connectivity index (χ1) is 5.82. The summed E-state index contributed by atoms with van der Waals surface area (Å²) < 4.78 is 41.4. The number of alkyl halides is 3. The van der Waals surface area contributed by atoms with Gasteiger partial charge in [-0.1, -0.05) is 13.8 Å². The van der Waals surface area contributed by atoms with Crippen LogP contribution in [0.3, 0.4) is 0 Å². The quantitative estimate of drug-likeness (QED) is 0.684. The van der Waals surface area contributed by atoms with Crippen molar-refractivity contribution in [3.63, 3.8) is 0 Å². The van der Waals surface area contributed by atoms with Crippen molar-refractivity contribution >= 4 is 0 Å². The first-order valence-electron chi connectivity index (χ1n) is 3.87. The maximum Gasteiger partial charge on any atom is 0.451 e. The van der Waals surface area contributed by atoms with Gasteiger partial charge in [0.15, 0.2) is 5.89 Å². The largest absolute Gasteiger partial charge is 0.451 e. The molecule has 5 heteroatoms. The van der Waals surface area contributed by atoms with E-state index in [1.54, 1.807) is 13.8 Å². The number of halogens is 3. The van der Waals surface area contributed by atoms with Gasteiger partial charge < -0.3 is 4.42 Å². The zero-order chi connectivity index (χ0) is 10.2. The molecule has 0 aliphatic carbocycles. The maximum absolute atomic E-state index is 12.3. The van der Waals surface area contributed by atoms with Crippen LogP contribution in [0.1, 0.15) is 37.1 Å². The van der Waals surface area contributed by atoms with Crippen LogP contribution in [0.15, 0.2) is 4.42 Å². The van der Waals surface area contributed by atoms with E-state index >= 15 is 0 Å². The average molecular weight is 193 g/mol. The molecule has 2 nitrogen and oxygen atoms in total. The van der Waals surface area contributed by atoms with Crippen molar-refractivity contribution in [1.82, 2.24) is 4.98 Å². The highest BCUT2D eigenvalue weighted by molar-refractivity contribution is 5.16. The topological polar surface area (TPSA) is 26.0 Å². The highest BCUT2D eigenvalue weighted by atomic mass is 19.4. The number of hydrogen-bond acceptors (Lipinski definition) is 2. The van der Waals surface area contributed by atoms with Gasteiger partial charge >= 0.3 is 6.18 Å². The Labute approximate surface area is 73.8 Å². The fourth-order valence-corrected chi connectivity index (χ4v) is 1.04. The third kappa shape index (κ3) is 2.02. The Morgan fingerprint density at radius 1 is 1.31 bits per heavy atom. The third-order valence-electron chi connectivity index (χ3n) is 1.56. The normalized spacial score (nSPS) is 12.5. The minimum absolute atomic E-state index is 0.0231. The van der Waals surface area contributed by atoms with Gasteiger partial charge in [-0.25, -0.2) is 4.98 Å². The van der Waals surface area contributed by atoms with Gasteiger partial charge in [0.1, 0.15) is 0 Å². The first kappa shape index (κ1) is 10.1. The van der Waals surface area contributed by atoms with Gasteiger partial charge in [0.05, 0.1) is 5.69 Å². The number of hydrogen-bond donors (Lipinski definition) is 0. The molecule has 0 unspecified atom stereocenters. The van der Waals surface area contributed by atoms with Crippen LogP contribution in [0.25, 0.3) is 0 Å². The third-order valence-corrected chi connectivity index (χ3v) is 1.56. The van der Waals surface area contributed by atoms with E-state index in [2.05, 4.69) is 9.40 Å². The van der Waals surface area contributed by atoms with Gasteiger partial charge in [0, 0.05) is 6.92 Å². The molecule has 0 bridgehead atoms. The summed E-state index contributed by atoms with van der Waals surface area (Å²) in [5, 5.41) is 0. The molecule has 0 atom stereocenters. The second kappa shape index (κ2) is 3.05. The van der Waals surface area contributed by atoms with Crippen molar-refractivity contribution in [1.29, 1.82) is 0 Å². The molecule has 0 aliphatic heterocycles. The highest BCUT2D eigenvalue weighted by Gasteiger charge is 2.39. The first-order valence-corrected chi connectivity index (χ1v) is 3.87. The Bertz CT molecular complexity index is 301. The van der Waals surface area contributed by atoms with Crippen LogP contribution >= 0.6 is 0 Å². The molecule has 1 heterocycles. The lowest BCUT2D eigenvalue weighted by molar-refractivity contribution is -0.154. The Kier molecular flexibility index (Phi) is 2.36. The molecule has 1 rings (SSSR count). The summed E-state index contributed by atoms with van der Waals surface area (Å²) in [5.74, 6) is -1.20. The lowest BCUT2D eigenvalue weighted by Crippen LogP contribution is -2.08. The van der Waals surface area contributed by atoms with E-state index in [0.29, 0.717) is 0 Å². The van der Waals surface area contributed by atoms with E-state index in [9.17, 15) is 13.2 Å². The summed E-state index contributed by atoms with van der Waals surface area (Å²) in [6.45, 7) is 4.69. The van der Waals surface area contributed by atoms with E-state index in [0.717, 1.165) is 0 Å². The Morgan fingerprint density at radius 2 is 1.85 bits per heavy atom. The number of aryl methyl sites for hydroxylation is 1. The molecular formula is C8H10F3NO. The van der Waals surface area contributed by atoms with Gasteiger partial charge in [0.2, 0.25) is 5.76 Å². The van der Waals surface area contributed by atoms with Gasteiger partial charge in [-0.15, -0.1) is 0 Å². The van der Waals surface area contributed by atoms with Gasteiger partial charge in [-0.3, -0.25) is 0 Å². The van der Waals surface area contributed by atoms with E-state index in [4.69, 9.17) is 0 Å². The second-order valence-corrected chi connectivity index (χ2v) is 3.10. The minimum atomic E-state index is -4.44. The summed E-state index contributed by atoms with van der Waals surface area (Å²) in [4.78, 5) is 3.69. The predicted molar refractivity (Wildman–Crippen MR) is 40.3 cm³/mol. The molecular weight excluding hydrogens is 183 g/mol. The number of aromatic nitrogens is 1. The van der Waals surface area contributed by atoms with Crippen molar-refractivity contribution in [2.45, 2.75) is 32.9 Å². The van der Waals surface area contributed by atoms with Crippen LogP contribution in [-0.2, 0) is 6.18 Å². The van der Waals surface area contributed by atoms with Crippen LogP contribution in [0.2, 0.25) is 0 Å². The van der Waals surface area contributed by atoms with Crippen molar-refractivity contribution in [2.24, 2.45) is 0 Å². The Morgan fingerprint density at radius 3 is 2.15 bits per heavy atom. The predicted octanol–water partition coefficient (Wildman–Crippen LogP) is 3.13. The monoisotopic (exact) mass is 193 g/mol. The molecule has 0 fully saturated rings. The molecule has 0 saturated heterocycles. The van der Waals surface area contributed by atoms with Crippen LogP contribution in [0, 0.1) is 6.92 Å². The van der Waals surface area contributed by atoms with Gasteiger partial charge in [-0.05, 0) is 5.92 Å². The molecule has 0 N–H and O–H groups in total. The SMILES string of the molecule is Cc1nc(C(C)C)c(C(F)(F)F)o1. The highest BCUT2D eigenvalue weighted by Crippen LogP contribution is 2.35.